The van der Waals surface area contributed by atoms with Crippen LogP contribution in [0.3, 0.4) is 0 Å². The molecule has 8 nitrogen and oxygen atoms in total. The first-order chi connectivity index (χ1) is 13.6. The van der Waals surface area contributed by atoms with E-state index in [1.807, 2.05) is 6.07 Å². The van der Waals surface area contributed by atoms with Gasteiger partial charge in [0.1, 0.15) is 17.3 Å². The van der Waals surface area contributed by atoms with E-state index < -0.39 is 0 Å². The van der Waals surface area contributed by atoms with Crippen LogP contribution in [0.1, 0.15) is 25.2 Å². The lowest BCUT2D eigenvalue weighted by Gasteiger charge is -2.36. The maximum absolute atomic E-state index is 10.1. The summed E-state index contributed by atoms with van der Waals surface area (Å²) in [7, 11) is 1.62. The zero-order valence-electron chi connectivity index (χ0n) is 17.1. The fraction of sp³-hybridized carbons (Fsp3) is 0.526. The van der Waals surface area contributed by atoms with E-state index in [0.29, 0.717) is 12.3 Å². The molecule has 1 aromatic carbocycles. The Kier molecular flexibility index (Phi) is 9.21. The molecule has 3 rings (SSSR count). The number of ether oxygens (including phenoxy) is 1. The van der Waals surface area contributed by atoms with Crippen LogP contribution < -0.4 is 15.0 Å². The largest absolute Gasteiger partial charge is 0.508 e. The van der Waals surface area contributed by atoms with Gasteiger partial charge in [0.05, 0.1) is 13.7 Å². The van der Waals surface area contributed by atoms with Crippen LogP contribution in [-0.2, 0) is 13.0 Å². The fourth-order valence-corrected chi connectivity index (χ4v) is 3.83. The van der Waals surface area contributed by atoms with Gasteiger partial charge in [-0.1, -0.05) is 6.92 Å². The van der Waals surface area contributed by atoms with Crippen LogP contribution in [-0.4, -0.2) is 65.2 Å². The molecule has 0 bridgehead atoms. The molecule has 0 radical (unpaired) electrons. The number of nitrogens with zero attached hydrogens (tertiary/aromatic N) is 5. The number of aliphatic imine (C=N–C) groups is 1. The SMILES string of the molecule is CCNC(=NCc1cc(OC)ccc1O)N1CCN(c2nc(CC)ns2)CC1.I. The maximum Gasteiger partial charge on any atom is 0.205 e. The molecule has 1 saturated heterocycles. The molecule has 2 N–H and O–H groups in total. The molecule has 1 aliphatic rings. The summed E-state index contributed by atoms with van der Waals surface area (Å²) < 4.78 is 9.63. The van der Waals surface area contributed by atoms with Gasteiger partial charge < -0.3 is 25.0 Å². The Morgan fingerprint density at radius 1 is 1.28 bits per heavy atom. The molecule has 29 heavy (non-hydrogen) atoms. The molecule has 2 heterocycles. The number of rotatable bonds is 6. The van der Waals surface area contributed by atoms with Crippen LogP contribution in [0.4, 0.5) is 5.13 Å². The number of hydrogen-bond donors (Lipinski definition) is 2. The number of phenolic OH excluding ortho intramolecular Hbond substituents is 1. The Labute approximate surface area is 193 Å². The van der Waals surface area contributed by atoms with Crippen molar-refractivity contribution in [1.29, 1.82) is 0 Å². The van der Waals surface area contributed by atoms with Gasteiger partial charge in [0.25, 0.3) is 0 Å². The smallest absolute Gasteiger partial charge is 0.205 e. The van der Waals surface area contributed by atoms with Crippen LogP contribution >= 0.6 is 35.5 Å². The van der Waals surface area contributed by atoms with Crippen LogP contribution in [0.2, 0.25) is 0 Å². The quantitative estimate of drug-likeness (QED) is 0.336. The number of guanidine groups is 1. The van der Waals surface area contributed by atoms with Gasteiger partial charge in [-0.15, -0.1) is 24.0 Å². The number of benzene rings is 1. The minimum absolute atomic E-state index is 0. The van der Waals surface area contributed by atoms with Crippen LogP contribution in [0.25, 0.3) is 0 Å². The average molecular weight is 532 g/mol. The Morgan fingerprint density at radius 3 is 2.66 bits per heavy atom. The molecule has 2 aromatic rings. The van der Waals surface area contributed by atoms with Crippen molar-refractivity contribution in [3.05, 3.63) is 29.6 Å². The van der Waals surface area contributed by atoms with E-state index >= 15 is 0 Å². The summed E-state index contributed by atoms with van der Waals surface area (Å²) in [6.45, 7) is 8.79. The average Bonchev–Trinajstić information content (AvgIpc) is 3.21. The van der Waals surface area contributed by atoms with Crippen molar-refractivity contribution in [2.75, 3.05) is 44.7 Å². The molecule has 0 saturated carbocycles. The van der Waals surface area contributed by atoms with E-state index in [9.17, 15) is 5.11 Å². The third-order valence-corrected chi connectivity index (χ3v) is 5.46. The second kappa shape index (κ2) is 11.4. The van der Waals surface area contributed by atoms with Gasteiger partial charge in [0.15, 0.2) is 5.96 Å². The van der Waals surface area contributed by atoms with Gasteiger partial charge in [-0.3, -0.25) is 0 Å². The molecule has 0 atom stereocenters. The highest BCUT2D eigenvalue weighted by molar-refractivity contribution is 14.0. The van der Waals surface area contributed by atoms with Crippen molar-refractivity contribution in [1.82, 2.24) is 19.6 Å². The van der Waals surface area contributed by atoms with E-state index in [4.69, 9.17) is 9.73 Å². The molecular formula is C19H29IN6O2S. The van der Waals surface area contributed by atoms with E-state index in [0.717, 1.165) is 61.6 Å². The zero-order chi connectivity index (χ0) is 19.9. The molecule has 0 spiro atoms. The number of aromatic hydroxyl groups is 1. The Bertz CT molecular complexity index is 808. The fourth-order valence-electron chi connectivity index (χ4n) is 3.03. The predicted octanol–water partition coefficient (Wildman–Crippen LogP) is 2.72. The summed E-state index contributed by atoms with van der Waals surface area (Å²) in [6, 6.07) is 5.20. The third kappa shape index (κ3) is 6.08. The van der Waals surface area contributed by atoms with Crippen molar-refractivity contribution < 1.29 is 9.84 Å². The number of aromatic nitrogens is 2. The van der Waals surface area contributed by atoms with Crippen LogP contribution in [0.5, 0.6) is 11.5 Å². The van der Waals surface area contributed by atoms with Crippen molar-refractivity contribution in [2.45, 2.75) is 26.8 Å². The summed E-state index contributed by atoms with van der Waals surface area (Å²) >= 11 is 1.47. The van der Waals surface area contributed by atoms with E-state index in [1.54, 1.807) is 19.2 Å². The molecule has 1 fully saturated rings. The van der Waals surface area contributed by atoms with E-state index in [-0.39, 0.29) is 29.7 Å². The lowest BCUT2D eigenvalue weighted by atomic mass is 10.2. The van der Waals surface area contributed by atoms with Crippen LogP contribution in [0, 0.1) is 0 Å². The molecule has 0 aliphatic carbocycles. The van der Waals surface area contributed by atoms with Gasteiger partial charge in [-0.05, 0) is 25.1 Å². The Hall–Kier alpha value is -1.82. The summed E-state index contributed by atoms with van der Waals surface area (Å²) in [5.74, 6) is 2.71. The first-order valence-corrected chi connectivity index (χ1v) is 10.4. The molecule has 0 amide bonds. The summed E-state index contributed by atoms with van der Waals surface area (Å²) in [5, 5.41) is 14.4. The summed E-state index contributed by atoms with van der Waals surface area (Å²) in [5.41, 5.74) is 0.745. The Balaban J connectivity index is 0.00000300. The minimum atomic E-state index is 0. The highest BCUT2D eigenvalue weighted by Crippen LogP contribution is 2.24. The first-order valence-electron chi connectivity index (χ1n) is 9.61. The molecular weight excluding hydrogens is 503 g/mol. The van der Waals surface area contributed by atoms with Crippen molar-refractivity contribution >= 4 is 46.6 Å². The van der Waals surface area contributed by atoms with E-state index in [1.165, 1.54) is 11.5 Å². The monoisotopic (exact) mass is 532 g/mol. The number of halogens is 1. The molecule has 1 aliphatic heterocycles. The second-order valence-electron chi connectivity index (χ2n) is 6.49. The summed E-state index contributed by atoms with van der Waals surface area (Å²) in [4.78, 5) is 13.9. The van der Waals surface area contributed by atoms with Crippen LogP contribution in [0.15, 0.2) is 23.2 Å². The second-order valence-corrected chi connectivity index (χ2v) is 7.22. The lowest BCUT2D eigenvalue weighted by molar-refractivity contribution is 0.372. The molecule has 10 heteroatoms. The number of aryl methyl sites for hydroxylation is 1. The van der Waals surface area contributed by atoms with Crippen molar-refractivity contribution in [3.8, 4) is 11.5 Å². The maximum atomic E-state index is 10.1. The van der Waals surface area contributed by atoms with Gasteiger partial charge in [0.2, 0.25) is 5.13 Å². The van der Waals surface area contributed by atoms with Gasteiger partial charge in [-0.2, -0.15) is 4.37 Å². The minimum Gasteiger partial charge on any atom is -0.508 e. The topological polar surface area (TPSA) is 86.1 Å². The number of nitrogens with one attached hydrogen (secondary N) is 1. The first kappa shape index (κ1) is 23.5. The standard InChI is InChI=1S/C19H28N6O2S.HI/c1-4-17-22-19(28-23-17)25-10-8-24(9-11-25)18(20-5-2)21-13-14-12-15(27-3)6-7-16(14)26;/h6-7,12,26H,4-5,8-11,13H2,1-3H3,(H,20,21);1H. The predicted molar refractivity (Wildman–Crippen MR) is 128 cm³/mol. The number of phenols is 1. The highest BCUT2D eigenvalue weighted by Gasteiger charge is 2.22. The van der Waals surface area contributed by atoms with E-state index in [2.05, 4.69) is 38.3 Å². The zero-order valence-corrected chi connectivity index (χ0v) is 20.2. The van der Waals surface area contributed by atoms with Gasteiger partial charge in [0, 0.05) is 56.2 Å². The highest BCUT2D eigenvalue weighted by atomic mass is 127. The Morgan fingerprint density at radius 2 is 2.03 bits per heavy atom. The number of piperazine rings is 1. The lowest BCUT2D eigenvalue weighted by Crippen LogP contribution is -2.52. The van der Waals surface area contributed by atoms with Crippen molar-refractivity contribution in [2.24, 2.45) is 4.99 Å². The summed E-state index contributed by atoms with van der Waals surface area (Å²) in [6.07, 6.45) is 0.866. The molecule has 160 valence electrons. The number of hydrogen-bond acceptors (Lipinski definition) is 7. The number of anilines is 1. The molecule has 0 unspecified atom stereocenters. The van der Waals surface area contributed by atoms with Gasteiger partial charge >= 0.3 is 0 Å². The molecule has 1 aromatic heterocycles. The third-order valence-electron chi connectivity index (χ3n) is 4.64. The van der Waals surface area contributed by atoms with Crippen molar-refractivity contribution in [3.63, 3.8) is 0 Å². The number of methoxy groups -OCH3 is 1. The van der Waals surface area contributed by atoms with Gasteiger partial charge in [-0.25, -0.2) is 9.98 Å². The normalized spacial score (nSPS) is 14.5.